The Hall–Kier alpha value is -2.43. The number of nitrogens with zero attached hydrogens (tertiary/aromatic N) is 3. The van der Waals surface area contributed by atoms with E-state index in [1.165, 1.54) is 0 Å². The lowest BCUT2D eigenvalue weighted by Gasteiger charge is -2.39. The van der Waals surface area contributed by atoms with E-state index >= 15 is 0 Å². The van der Waals surface area contributed by atoms with E-state index in [0.717, 1.165) is 40.6 Å². The third-order valence-corrected chi connectivity index (χ3v) is 5.67. The fourth-order valence-electron chi connectivity index (χ4n) is 3.82. The Labute approximate surface area is 161 Å². The van der Waals surface area contributed by atoms with Crippen LogP contribution in [0.2, 0.25) is 0 Å². The van der Waals surface area contributed by atoms with E-state index in [1.54, 1.807) is 9.80 Å². The van der Waals surface area contributed by atoms with E-state index in [-0.39, 0.29) is 17.9 Å². The number of unbranched alkanes of at least 4 members (excludes halogenated alkanes) is 1. The van der Waals surface area contributed by atoms with Crippen LogP contribution in [0, 0.1) is 20.8 Å². The number of aryl methyl sites for hydroxylation is 3. The molecule has 2 amide bonds. The van der Waals surface area contributed by atoms with E-state index < -0.39 is 0 Å². The zero-order chi connectivity index (χ0) is 19.7. The molecule has 2 heterocycles. The van der Waals surface area contributed by atoms with Gasteiger partial charge >= 0.3 is 0 Å². The SMILES string of the molecule is CCCC[C@@H]1C(=O)N(C)CCN1C(=O)c1cc(C)nc2c(C)c(C)ccc12. The zero-order valence-electron chi connectivity index (χ0n) is 17.0. The smallest absolute Gasteiger partial charge is 0.255 e. The van der Waals surface area contributed by atoms with Crippen molar-refractivity contribution in [3.63, 3.8) is 0 Å². The van der Waals surface area contributed by atoms with Crippen LogP contribution in [0.1, 0.15) is 53.4 Å². The highest BCUT2D eigenvalue weighted by molar-refractivity contribution is 6.08. The molecule has 1 aliphatic rings. The third-order valence-electron chi connectivity index (χ3n) is 5.67. The van der Waals surface area contributed by atoms with Gasteiger partial charge in [-0.1, -0.05) is 31.9 Å². The highest BCUT2D eigenvalue weighted by Gasteiger charge is 2.36. The van der Waals surface area contributed by atoms with Gasteiger partial charge in [-0.05, 0) is 44.4 Å². The molecular weight excluding hydrogens is 338 g/mol. The van der Waals surface area contributed by atoms with Crippen LogP contribution in [0.4, 0.5) is 0 Å². The molecule has 1 fully saturated rings. The summed E-state index contributed by atoms with van der Waals surface area (Å²) in [6.45, 7) is 9.27. The summed E-state index contributed by atoms with van der Waals surface area (Å²) in [5, 5.41) is 0.870. The summed E-state index contributed by atoms with van der Waals surface area (Å²) < 4.78 is 0. The predicted octanol–water partition coefficient (Wildman–Crippen LogP) is 3.63. The molecule has 0 bridgehead atoms. The number of rotatable bonds is 4. The average Bonchev–Trinajstić information content (AvgIpc) is 2.65. The van der Waals surface area contributed by atoms with Crippen LogP contribution in [0.25, 0.3) is 10.9 Å². The quantitative estimate of drug-likeness (QED) is 0.829. The number of hydrogen-bond acceptors (Lipinski definition) is 3. The summed E-state index contributed by atoms with van der Waals surface area (Å²) in [6, 6.07) is 5.51. The molecule has 2 aromatic rings. The first-order valence-electron chi connectivity index (χ1n) is 9.78. The highest BCUT2D eigenvalue weighted by Crippen LogP contribution is 2.27. The summed E-state index contributed by atoms with van der Waals surface area (Å²) in [7, 11) is 1.82. The number of carbonyl (C=O) groups excluding carboxylic acids is 2. The van der Waals surface area contributed by atoms with E-state index in [9.17, 15) is 9.59 Å². The lowest BCUT2D eigenvalue weighted by atomic mass is 9.98. The highest BCUT2D eigenvalue weighted by atomic mass is 16.2. The Morgan fingerprint density at radius 1 is 1.22 bits per heavy atom. The number of benzene rings is 1. The molecule has 1 aliphatic heterocycles. The summed E-state index contributed by atoms with van der Waals surface area (Å²) in [6.07, 6.45) is 2.65. The average molecular weight is 367 g/mol. The van der Waals surface area contributed by atoms with Crippen molar-refractivity contribution in [1.82, 2.24) is 14.8 Å². The minimum absolute atomic E-state index is 0.0464. The molecule has 3 rings (SSSR count). The van der Waals surface area contributed by atoms with Crippen molar-refractivity contribution in [3.05, 3.63) is 40.6 Å². The molecule has 5 nitrogen and oxygen atoms in total. The molecule has 0 N–H and O–H groups in total. The fourth-order valence-corrected chi connectivity index (χ4v) is 3.82. The van der Waals surface area contributed by atoms with Crippen LogP contribution in [0.5, 0.6) is 0 Å². The van der Waals surface area contributed by atoms with Gasteiger partial charge in [0.15, 0.2) is 0 Å². The second-order valence-electron chi connectivity index (χ2n) is 7.63. The number of carbonyl (C=O) groups is 2. The fraction of sp³-hybridized carbons (Fsp3) is 0.500. The summed E-state index contributed by atoms with van der Waals surface area (Å²) in [5.41, 5.74) is 4.62. The van der Waals surface area contributed by atoms with E-state index in [4.69, 9.17) is 0 Å². The van der Waals surface area contributed by atoms with Crippen molar-refractivity contribution in [1.29, 1.82) is 0 Å². The van der Waals surface area contributed by atoms with Gasteiger partial charge in [-0.3, -0.25) is 14.6 Å². The molecule has 1 atom stereocenters. The van der Waals surface area contributed by atoms with Crippen LogP contribution in [-0.2, 0) is 4.79 Å². The molecule has 0 aliphatic carbocycles. The molecule has 1 aromatic heterocycles. The second kappa shape index (κ2) is 7.67. The second-order valence-corrected chi connectivity index (χ2v) is 7.63. The predicted molar refractivity (Wildman–Crippen MR) is 108 cm³/mol. The maximum Gasteiger partial charge on any atom is 0.255 e. The maximum atomic E-state index is 13.5. The van der Waals surface area contributed by atoms with Crippen LogP contribution < -0.4 is 0 Å². The molecule has 0 unspecified atom stereocenters. The summed E-state index contributed by atoms with van der Waals surface area (Å²) >= 11 is 0. The molecule has 0 radical (unpaired) electrons. The Bertz CT molecular complexity index is 891. The Kier molecular flexibility index (Phi) is 5.49. The number of piperazine rings is 1. The number of hydrogen-bond donors (Lipinski definition) is 0. The van der Waals surface area contributed by atoms with Crippen molar-refractivity contribution < 1.29 is 9.59 Å². The normalized spacial score (nSPS) is 17.7. The van der Waals surface area contributed by atoms with Gasteiger partial charge in [0.05, 0.1) is 11.1 Å². The minimum atomic E-state index is -0.369. The van der Waals surface area contributed by atoms with Crippen molar-refractivity contribution in [3.8, 4) is 0 Å². The van der Waals surface area contributed by atoms with E-state index in [2.05, 4.69) is 18.8 Å². The molecule has 0 saturated carbocycles. The molecule has 1 saturated heterocycles. The standard InChI is InChI=1S/C22H29N3O2/c1-6-7-8-19-22(27)24(5)11-12-25(19)21(26)18-13-15(3)23-20-16(4)14(2)9-10-17(18)20/h9-10,13,19H,6-8,11-12H2,1-5H3/t19-/m1/s1. The monoisotopic (exact) mass is 367 g/mol. The van der Waals surface area contributed by atoms with Crippen molar-refractivity contribution in [2.75, 3.05) is 20.1 Å². The molecule has 144 valence electrons. The number of fused-ring (bicyclic) bond motifs is 1. The topological polar surface area (TPSA) is 53.5 Å². The van der Waals surface area contributed by atoms with Crippen molar-refractivity contribution >= 4 is 22.7 Å². The van der Waals surface area contributed by atoms with Gasteiger partial charge in [0, 0.05) is 31.2 Å². The lowest BCUT2D eigenvalue weighted by Crippen LogP contribution is -2.57. The Morgan fingerprint density at radius 3 is 2.67 bits per heavy atom. The van der Waals surface area contributed by atoms with Gasteiger partial charge in [-0.2, -0.15) is 0 Å². The first kappa shape index (κ1) is 19.3. The van der Waals surface area contributed by atoms with Crippen LogP contribution in [0.15, 0.2) is 18.2 Å². The first-order chi connectivity index (χ1) is 12.8. The molecule has 1 aromatic carbocycles. The Balaban J connectivity index is 2.06. The van der Waals surface area contributed by atoms with Crippen molar-refractivity contribution in [2.24, 2.45) is 0 Å². The maximum absolute atomic E-state index is 13.5. The summed E-state index contributed by atoms with van der Waals surface area (Å²) in [4.78, 5) is 34.4. The van der Waals surface area contributed by atoms with Crippen LogP contribution >= 0.6 is 0 Å². The molecule has 5 heteroatoms. The molecular formula is C22H29N3O2. The van der Waals surface area contributed by atoms with Gasteiger partial charge in [-0.25, -0.2) is 0 Å². The lowest BCUT2D eigenvalue weighted by molar-refractivity contribution is -0.138. The van der Waals surface area contributed by atoms with Crippen molar-refractivity contribution in [2.45, 2.75) is 53.0 Å². The number of aromatic nitrogens is 1. The first-order valence-corrected chi connectivity index (χ1v) is 9.78. The Morgan fingerprint density at radius 2 is 1.96 bits per heavy atom. The van der Waals surface area contributed by atoms with E-state index in [0.29, 0.717) is 25.1 Å². The largest absolute Gasteiger partial charge is 0.342 e. The minimum Gasteiger partial charge on any atom is -0.342 e. The van der Waals surface area contributed by atoms with Gasteiger partial charge in [0.1, 0.15) is 6.04 Å². The number of amides is 2. The van der Waals surface area contributed by atoms with Gasteiger partial charge in [0.25, 0.3) is 5.91 Å². The number of pyridine rings is 1. The third kappa shape index (κ3) is 3.55. The molecule has 27 heavy (non-hydrogen) atoms. The van der Waals surface area contributed by atoms with Gasteiger partial charge < -0.3 is 9.80 Å². The molecule has 0 spiro atoms. The number of likely N-dealkylation sites (N-methyl/N-ethyl adjacent to an activating group) is 1. The van der Waals surface area contributed by atoms with Crippen LogP contribution in [-0.4, -0.2) is 52.8 Å². The van der Waals surface area contributed by atoms with E-state index in [1.807, 2.05) is 39.1 Å². The zero-order valence-corrected chi connectivity index (χ0v) is 17.0. The summed E-state index contributed by atoms with van der Waals surface area (Å²) in [5.74, 6) is -0.0125. The van der Waals surface area contributed by atoms with Gasteiger partial charge in [-0.15, -0.1) is 0 Å². The van der Waals surface area contributed by atoms with Crippen LogP contribution in [0.3, 0.4) is 0 Å². The van der Waals surface area contributed by atoms with Gasteiger partial charge in [0.2, 0.25) is 5.91 Å².